The zero-order valence-electron chi connectivity index (χ0n) is 40.0. The average Bonchev–Trinajstić information content (AvgIpc) is 3.24. The number of unbranched alkanes of at least 4 members (excludes halogenated alkanes) is 30. The van der Waals surface area contributed by atoms with E-state index in [2.05, 4.69) is 57.2 Å². The fraction of sp³-hybridized carbons (Fsp3) is 0.833. The van der Waals surface area contributed by atoms with Gasteiger partial charge in [0.1, 0.15) is 13.2 Å². The molecule has 0 aromatic carbocycles. The van der Waals surface area contributed by atoms with E-state index in [1.165, 1.54) is 135 Å². The summed E-state index contributed by atoms with van der Waals surface area (Å²) in [7, 11) is 0. The van der Waals surface area contributed by atoms with Gasteiger partial charge in [0.2, 0.25) is 0 Å². The first-order valence-corrected chi connectivity index (χ1v) is 26.0. The summed E-state index contributed by atoms with van der Waals surface area (Å²) in [6.45, 7) is 6.51. The predicted molar refractivity (Wildman–Crippen MR) is 256 cm³/mol. The first-order valence-electron chi connectivity index (χ1n) is 26.0. The van der Waals surface area contributed by atoms with Crippen molar-refractivity contribution in [1.29, 1.82) is 0 Å². The minimum Gasteiger partial charge on any atom is -0.462 e. The fourth-order valence-corrected chi connectivity index (χ4v) is 7.48. The van der Waals surface area contributed by atoms with E-state index in [1.54, 1.807) is 0 Å². The van der Waals surface area contributed by atoms with Crippen LogP contribution in [0.4, 0.5) is 0 Å². The van der Waals surface area contributed by atoms with Crippen molar-refractivity contribution in [2.24, 2.45) is 0 Å². The molecule has 0 rings (SSSR count). The molecule has 0 aromatic heterocycles. The Morgan fingerprint density at radius 2 is 0.650 bits per heavy atom. The molecule has 0 aliphatic carbocycles. The normalized spacial score (nSPS) is 12.2. The third kappa shape index (κ3) is 46.7. The van der Waals surface area contributed by atoms with E-state index in [9.17, 15) is 14.4 Å². The maximum atomic E-state index is 12.8. The molecule has 0 heterocycles. The van der Waals surface area contributed by atoms with Gasteiger partial charge in [-0.05, 0) is 70.6 Å². The number of hydrogen-bond acceptors (Lipinski definition) is 6. The summed E-state index contributed by atoms with van der Waals surface area (Å²) >= 11 is 0. The first kappa shape index (κ1) is 57.6. The van der Waals surface area contributed by atoms with Crippen molar-refractivity contribution in [1.82, 2.24) is 0 Å². The molecular formula is C54H98O6. The van der Waals surface area contributed by atoms with E-state index >= 15 is 0 Å². The van der Waals surface area contributed by atoms with Gasteiger partial charge in [0, 0.05) is 19.3 Å². The lowest BCUT2D eigenvalue weighted by atomic mass is 10.0. The molecule has 0 amide bonds. The van der Waals surface area contributed by atoms with Gasteiger partial charge in [-0.3, -0.25) is 14.4 Å². The first-order chi connectivity index (χ1) is 29.5. The second-order valence-electron chi connectivity index (χ2n) is 17.4. The molecule has 0 fully saturated rings. The van der Waals surface area contributed by atoms with Gasteiger partial charge in [0.25, 0.3) is 0 Å². The molecule has 0 bridgehead atoms. The van der Waals surface area contributed by atoms with Crippen molar-refractivity contribution in [3.05, 3.63) is 36.5 Å². The van der Waals surface area contributed by atoms with Crippen LogP contribution in [0.15, 0.2) is 36.5 Å². The van der Waals surface area contributed by atoms with Gasteiger partial charge in [-0.2, -0.15) is 0 Å². The summed E-state index contributed by atoms with van der Waals surface area (Å²) in [5.41, 5.74) is 0. The van der Waals surface area contributed by atoms with Crippen LogP contribution in [0.2, 0.25) is 0 Å². The van der Waals surface area contributed by atoms with Gasteiger partial charge in [-0.1, -0.05) is 218 Å². The van der Waals surface area contributed by atoms with Gasteiger partial charge in [0.15, 0.2) is 6.10 Å². The molecule has 6 nitrogen and oxygen atoms in total. The molecule has 0 aromatic rings. The minimum atomic E-state index is -0.778. The third-order valence-electron chi connectivity index (χ3n) is 11.4. The van der Waals surface area contributed by atoms with E-state index in [0.29, 0.717) is 19.3 Å². The quantitative estimate of drug-likeness (QED) is 0.0263. The zero-order valence-corrected chi connectivity index (χ0v) is 40.0. The van der Waals surface area contributed by atoms with Gasteiger partial charge >= 0.3 is 17.9 Å². The smallest absolute Gasteiger partial charge is 0.306 e. The summed E-state index contributed by atoms with van der Waals surface area (Å²) < 4.78 is 16.8. The zero-order chi connectivity index (χ0) is 43.7. The molecule has 0 spiro atoms. The lowest BCUT2D eigenvalue weighted by Gasteiger charge is -2.18. The van der Waals surface area contributed by atoms with E-state index in [0.717, 1.165) is 96.3 Å². The van der Waals surface area contributed by atoms with Crippen LogP contribution in [0, 0.1) is 0 Å². The van der Waals surface area contributed by atoms with Gasteiger partial charge in [-0.15, -0.1) is 0 Å². The van der Waals surface area contributed by atoms with Crippen molar-refractivity contribution in [3.8, 4) is 0 Å². The molecule has 60 heavy (non-hydrogen) atoms. The summed E-state index contributed by atoms with van der Waals surface area (Å²) in [6.07, 6.45) is 57.0. The van der Waals surface area contributed by atoms with Crippen LogP contribution < -0.4 is 0 Å². The van der Waals surface area contributed by atoms with E-state index < -0.39 is 6.10 Å². The van der Waals surface area contributed by atoms with Crippen molar-refractivity contribution in [2.45, 2.75) is 277 Å². The summed E-state index contributed by atoms with van der Waals surface area (Å²) in [6, 6.07) is 0. The second kappa shape index (κ2) is 49.3. The Bertz CT molecular complexity index is 1020. The fourth-order valence-electron chi connectivity index (χ4n) is 7.48. The molecular weight excluding hydrogens is 745 g/mol. The molecule has 0 N–H and O–H groups in total. The van der Waals surface area contributed by atoms with Crippen LogP contribution in [0.1, 0.15) is 271 Å². The molecule has 6 heteroatoms. The van der Waals surface area contributed by atoms with Crippen LogP contribution >= 0.6 is 0 Å². The molecule has 0 saturated heterocycles. The monoisotopic (exact) mass is 843 g/mol. The largest absolute Gasteiger partial charge is 0.462 e. The van der Waals surface area contributed by atoms with Crippen LogP contribution in [0.25, 0.3) is 0 Å². The molecule has 0 saturated carbocycles. The standard InChI is InChI=1S/C54H98O6/c1-4-7-10-13-16-19-22-25-26-27-28-29-30-33-35-38-41-44-47-53(56)59-50-51(60-54(57)48-45-42-39-36-32-24-21-18-15-12-9-6-3)49-58-52(55)46-43-40-37-34-31-23-20-17-14-11-8-5-2/h9,12,17-18,20-21,51H,4-8,10-11,13-16,19,22-50H2,1-3H3/b12-9-,20-17-,21-18-. The topological polar surface area (TPSA) is 78.9 Å². The van der Waals surface area contributed by atoms with Crippen LogP contribution in [0.5, 0.6) is 0 Å². The Morgan fingerprint density at radius 1 is 0.350 bits per heavy atom. The van der Waals surface area contributed by atoms with Gasteiger partial charge in [-0.25, -0.2) is 0 Å². The maximum absolute atomic E-state index is 12.8. The average molecular weight is 843 g/mol. The van der Waals surface area contributed by atoms with Crippen molar-refractivity contribution >= 4 is 17.9 Å². The van der Waals surface area contributed by atoms with Crippen molar-refractivity contribution in [3.63, 3.8) is 0 Å². The van der Waals surface area contributed by atoms with Gasteiger partial charge in [0.05, 0.1) is 0 Å². The number of carbonyl (C=O) groups is 3. The molecule has 350 valence electrons. The Hall–Kier alpha value is -2.37. The van der Waals surface area contributed by atoms with Crippen LogP contribution in [-0.2, 0) is 28.6 Å². The Balaban J connectivity index is 4.31. The van der Waals surface area contributed by atoms with Crippen LogP contribution in [0.3, 0.4) is 0 Å². The summed E-state index contributed by atoms with van der Waals surface area (Å²) in [5.74, 6) is -0.893. The molecule has 1 unspecified atom stereocenters. The van der Waals surface area contributed by atoms with Crippen LogP contribution in [-0.4, -0.2) is 37.2 Å². The van der Waals surface area contributed by atoms with E-state index in [-0.39, 0.29) is 31.1 Å². The number of esters is 3. The molecule has 0 radical (unpaired) electrons. The Morgan fingerprint density at radius 3 is 1.05 bits per heavy atom. The Kier molecular flexibility index (Phi) is 47.3. The second-order valence-corrected chi connectivity index (χ2v) is 17.4. The van der Waals surface area contributed by atoms with E-state index in [1.807, 2.05) is 0 Å². The third-order valence-corrected chi connectivity index (χ3v) is 11.4. The lowest BCUT2D eigenvalue weighted by Crippen LogP contribution is -2.30. The Labute approximate surface area is 372 Å². The highest BCUT2D eigenvalue weighted by Crippen LogP contribution is 2.16. The highest BCUT2D eigenvalue weighted by atomic mass is 16.6. The number of allylic oxidation sites excluding steroid dienone is 6. The molecule has 1 atom stereocenters. The van der Waals surface area contributed by atoms with Crippen molar-refractivity contribution in [2.75, 3.05) is 13.2 Å². The number of rotatable bonds is 47. The lowest BCUT2D eigenvalue weighted by molar-refractivity contribution is -0.167. The van der Waals surface area contributed by atoms with E-state index in [4.69, 9.17) is 14.2 Å². The van der Waals surface area contributed by atoms with Gasteiger partial charge < -0.3 is 14.2 Å². The SMILES string of the molecule is CC/C=C\C/C=C\CCCCCCCC(=O)OC(COC(=O)CCCCCCC/C=C\CCCCC)COC(=O)CCCCCCCCCCCCCCCCCCCC. The number of hydrogen-bond donors (Lipinski definition) is 0. The number of carbonyl (C=O) groups excluding carboxylic acids is 3. The predicted octanol–water partition coefficient (Wildman–Crippen LogP) is 16.9. The number of ether oxygens (including phenoxy) is 3. The summed E-state index contributed by atoms with van der Waals surface area (Å²) in [4.78, 5) is 37.9. The maximum Gasteiger partial charge on any atom is 0.306 e. The molecule has 0 aliphatic rings. The molecule has 0 aliphatic heterocycles. The summed E-state index contributed by atoms with van der Waals surface area (Å²) in [5, 5.41) is 0. The minimum absolute atomic E-state index is 0.0777. The highest BCUT2D eigenvalue weighted by molar-refractivity contribution is 5.71. The highest BCUT2D eigenvalue weighted by Gasteiger charge is 2.19. The van der Waals surface area contributed by atoms with Crippen molar-refractivity contribution < 1.29 is 28.6 Å².